The van der Waals surface area contributed by atoms with E-state index in [-0.39, 0.29) is 11.6 Å². The van der Waals surface area contributed by atoms with Gasteiger partial charge in [0.2, 0.25) is 0 Å². The predicted octanol–water partition coefficient (Wildman–Crippen LogP) is 0.445. The van der Waals surface area contributed by atoms with E-state index in [0.717, 1.165) is 6.26 Å². The maximum absolute atomic E-state index is 10.8. The van der Waals surface area contributed by atoms with Crippen LogP contribution in [0, 0.1) is 0 Å². The van der Waals surface area contributed by atoms with Crippen LogP contribution in [0.15, 0.2) is 0 Å². The average Bonchev–Trinajstić information content (AvgIpc) is 1.71. The lowest BCUT2D eigenvalue weighted by molar-refractivity contribution is -0.0316. The number of hydrogen-bond donors (Lipinski definition) is 0. The minimum absolute atomic E-state index is 0.108. The Morgan fingerprint density at radius 2 is 1.77 bits per heavy atom. The molecule has 0 N–H and O–H groups in total. The summed E-state index contributed by atoms with van der Waals surface area (Å²) >= 11 is 0. The average molecular weight is 207 g/mol. The molecule has 0 radical (unpaired) electrons. The molecule has 4 nitrogen and oxygen atoms in total. The largest absolute Gasteiger partial charge is 0.293 e. The van der Waals surface area contributed by atoms with Crippen LogP contribution < -0.4 is 0 Å². The summed E-state index contributed by atoms with van der Waals surface area (Å²) < 4.78 is 26.3. The van der Waals surface area contributed by atoms with Gasteiger partial charge >= 0.3 is 0 Å². The first-order chi connectivity index (χ1) is 5.68. The summed E-state index contributed by atoms with van der Waals surface area (Å²) in [6.07, 6.45) is 0.946. The van der Waals surface area contributed by atoms with Gasteiger partial charge in [-0.1, -0.05) is 0 Å². The summed E-state index contributed by atoms with van der Waals surface area (Å²) in [7, 11) is -3.28. The molecule has 13 heavy (non-hydrogen) atoms. The van der Waals surface area contributed by atoms with Crippen LogP contribution in [0.3, 0.4) is 0 Å². The highest BCUT2D eigenvalue weighted by Gasteiger charge is 2.36. The van der Waals surface area contributed by atoms with Crippen molar-refractivity contribution in [2.75, 3.05) is 19.3 Å². The van der Waals surface area contributed by atoms with Crippen LogP contribution in [0.4, 0.5) is 0 Å². The topological polar surface area (TPSA) is 46.6 Å². The van der Waals surface area contributed by atoms with Crippen LogP contribution in [0.25, 0.3) is 0 Å². The van der Waals surface area contributed by atoms with Crippen LogP contribution >= 0.6 is 0 Å². The van der Waals surface area contributed by atoms with E-state index < -0.39 is 10.1 Å². The third-order valence-corrected chi connectivity index (χ3v) is 2.73. The Bertz CT molecular complexity index is 272. The van der Waals surface area contributed by atoms with Gasteiger partial charge in [-0.05, 0) is 20.8 Å². The first kappa shape index (κ1) is 10.9. The standard InChI is InChI=1S/C8H17NO3S/c1-8(2,3)9-5-7(6-9)12-13(4,10)11/h7H,5-6H2,1-4H3. The SMILES string of the molecule is CC(C)(C)N1CC(OS(C)(=O)=O)C1. The molecule has 0 saturated carbocycles. The molecular weight excluding hydrogens is 190 g/mol. The van der Waals surface area contributed by atoms with Crippen molar-refractivity contribution in [3.8, 4) is 0 Å². The van der Waals surface area contributed by atoms with Crippen LogP contribution in [-0.2, 0) is 14.3 Å². The number of hydrogen-bond acceptors (Lipinski definition) is 4. The van der Waals surface area contributed by atoms with Crippen LogP contribution in [0.5, 0.6) is 0 Å². The third-order valence-electron chi connectivity index (χ3n) is 2.11. The second-order valence-corrected chi connectivity index (χ2v) is 6.10. The van der Waals surface area contributed by atoms with Gasteiger partial charge in [-0.25, -0.2) is 0 Å². The van der Waals surface area contributed by atoms with Gasteiger partial charge in [-0.15, -0.1) is 0 Å². The minimum atomic E-state index is -3.28. The highest BCUT2D eigenvalue weighted by molar-refractivity contribution is 7.86. The molecule has 0 aromatic heterocycles. The monoisotopic (exact) mass is 207 g/mol. The number of likely N-dealkylation sites (tertiary alicyclic amines) is 1. The lowest BCUT2D eigenvalue weighted by Crippen LogP contribution is -2.59. The molecule has 1 saturated heterocycles. The van der Waals surface area contributed by atoms with Gasteiger partial charge in [0.25, 0.3) is 10.1 Å². The van der Waals surface area contributed by atoms with Crippen molar-refractivity contribution < 1.29 is 12.6 Å². The minimum Gasteiger partial charge on any atom is -0.293 e. The fraction of sp³-hybridized carbons (Fsp3) is 1.00. The molecule has 0 bridgehead atoms. The molecule has 5 heteroatoms. The molecule has 1 aliphatic heterocycles. The molecular formula is C8H17NO3S. The Balaban J connectivity index is 2.35. The highest BCUT2D eigenvalue weighted by Crippen LogP contribution is 2.23. The molecule has 0 spiro atoms. The second-order valence-electron chi connectivity index (χ2n) is 4.50. The van der Waals surface area contributed by atoms with Gasteiger partial charge in [0.15, 0.2) is 0 Å². The maximum atomic E-state index is 10.8. The van der Waals surface area contributed by atoms with Crippen molar-refractivity contribution in [2.45, 2.75) is 32.4 Å². The normalized spacial score (nSPS) is 21.5. The Labute approximate surface area is 80.0 Å². The summed E-state index contributed by atoms with van der Waals surface area (Å²) in [5.74, 6) is 0. The van der Waals surface area contributed by atoms with Gasteiger partial charge in [-0.3, -0.25) is 9.08 Å². The number of rotatable bonds is 2. The second kappa shape index (κ2) is 3.22. The predicted molar refractivity (Wildman–Crippen MR) is 51.0 cm³/mol. The molecule has 0 aromatic carbocycles. The molecule has 0 amide bonds. The van der Waals surface area contributed by atoms with E-state index >= 15 is 0 Å². The number of nitrogens with zero attached hydrogens (tertiary/aromatic N) is 1. The molecule has 1 rings (SSSR count). The van der Waals surface area contributed by atoms with Crippen LogP contribution in [0.2, 0.25) is 0 Å². The smallest absolute Gasteiger partial charge is 0.264 e. The summed E-state index contributed by atoms with van der Waals surface area (Å²) in [4.78, 5) is 2.18. The first-order valence-corrected chi connectivity index (χ1v) is 6.13. The zero-order valence-electron chi connectivity index (χ0n) is 8.57. The molecule has 0 aliphatic carbocycles. The Morgan fingerprint density at radius 1 is 1.31 bits per heavy atom. The van der Waals surface area contributed by atoms with Gasteiger partial charge in [0.1, 0.15) is 6.10 Å². The molecule has 0 aromatic rings. The third kappa shape index (κ3) is 3.25. The van der Waals surface area contributed by atoms with E-state index in [4.69, 9.17) is 4.18 Å². The van der Waals surface area contributed by atoms with Gasteiger partial charge in [0.05, 0.1) is 6.26 Å². The molecule has 1 fully saturated rings. The zero-order valence-corrected chi connectivity index (χ0v) is 9.39. The summed E-state index contributed by atoms with van der Waals surface area (Å²) in [5.41, 5.74) is 0.108. The molecule has 0 atom stereocenters. The van der Waals surface area contributed by atoms with Gasteiger partial charge < -0.3 is 0 Å². The Hall–Kier alpha value is -0.130. The van der Waals surface area contributed by atoms with Crippen molar-refractivity contribution in [1.82, 2.24) is 4.90 Å². The van der Waals surface area contributed by atoms with E-state index in [9.17, 15) is 8.42 Å². The Morgan fingerprint density at radius 3 is 2.08 bits per heavy atom. The fourth-order valence-electron chi connectivity index (χ4n) is 1.29. The van der Waals surface area contributed by atoms with Crippen molar-refractivity contribution in [1.29, 1.82) is 0 Å². The van der Waals surface area contributed by atoms with Crippen LogP contribution in [0.1, 0.15) is 20.8 Å². The fourth-order valence-corrected chi connectivity index (χ4v) is 1.91. The summed E-state index contributed by atoms with van der Waals surface area (Å²) in [6.45, 7) is 7.71. The lowest BCUT2D eigenvalue weighted by atomic mass is 9.99. The van der Waals surface area contributed by atoms with Crippen molar-refractivity contribution in [3.05, 3.63) is 0 Å². The van der Waals surface area contributed by atoms with E-state index in [2.05, 4.69) is 25.7 Å². The van der Waals surface area contributed by atoms with E-state index in [1.54, 1.807) is 0 Å². The zero-order chi connectivity index (χ0) is 10.3. The lowest BCUT2D eigenvalue weighted by Gasteiger charge is -2.46. The van der Waals surface area contributed by atoms with Crippen molar-refractivity contribution in [2.24, 2.45) is 0 Å². The molecule has 78 valence electrons. The summed E-state index contributed by atoms with van der Waals surface area (Å²) in [6, 6.07) is 0. The van der Waals surface area contributed by atoms with E-state index in [0.29, 0.717) is 13.1 Å². The molecule has 0 unspecified atom stereocenters. The maximum Gasteiger partial charge on any atom is 0.264 e. The van der Waals surface area contributed by atoms with Gasteiger partial charge in [0, 0.05) is 18.6 Å². The summed E-state index contributed by atoms with van der Waals surface area (Å²) in [5, 5.41) is 0. The Kier molecular flexibility index (Phi) is 2.71. The van der Waals surface area contributed by atoms with Gasteiger partial charge in [-0.2, -0.15) is 8.42 Å². The van der Waals surface area contributed by atoms with E-state index in [1.165, 1.54) is 0 Å². The molecule has 1 heterocycles. The highest BCUT2D eigenvalue weighted by atomic mass is 32.2. The van der Waals surface area contributed by atoms with Crippen molar-refractivity contribution >= 4 is 10.1 Å². The van der Waals surface area contributed by atoms with E-state index in [1.807, 2.05) is 0 Å². The first-order valence-electron chi connectivity index (χ1n) is 4.32. The molecule has 1 aliphatic rings. The van der Waals surface area contributed by atoms with Crippen LogP contribution in [-0.4, -0.2) is 44.3 Å². The quantitative estimate of drug-likeness (QED) is 0.617. The van der Waals surface area contributed by atoms with Crippen molar-refractivity contribution in [3.63, 3.8) is 0 Å².